The summed E-state index contributed by atoms with van der Waals surface area (Å²) in [4.78, 5) is 21.3. The number of carbonyl (C=O) groups is 2. The largest absolute Gasteiger partial charge is 0.481 e. The van der Waals surface area contributed by atoms with Crippen LogP contribution in [0.5, 0.6) is 0 Å². The van der Waals surface area contributed by atoms with Gasteiger partial charge < -0.3 is 5.11 Å². The number of hydrogen-bond acceptors (Lipinski definition) is 2. The van der Waals surface area contributed by atoms with E-state index in [4.69, 9.17) is 16.7 Å². The van der Waals surface area contributed by atoms with Gasteiger partial charge in [-0.1, -0.05) is 11.6 Å². The first-order valence-corrected chi connectivity index (χ1v) is 4.19. The first-order valence-electron chi connectivity index (χ1n) is 3.81. The lowest BCUT2D eigenvalue weighted by Gasteiger charge is -2.01. The van der Waals surface area contributed by atoms with E-state index < -0.39 is 40.4 Å². The molecule has 1 rings (SSSR count). The average Bonchev–Trinajstić information content (AvgIpc) is 2.09. The molecule has 0 aromatic heterocycles. The lowest BCUT2D eigenvalue weighted by atomic mass is 10.1. The second-order valence-corrected chi connectivity index (χ2v) is 3.15. The van der Waals surface area contributed by atoms with E-state index in [0.29, 0.717) is 12.1 Å². The van der Waals surface area contributed by atoms with Gasteiger partial charge in [0, 0.05) is 0 Å². The molecule has 0 radical (unpaired) electrons. The predicted molar refractivity (Wildman–Crippen MR) is 48.0 cm³/mol. The summed E-state index contributed by atoms with van der Waals surface area (Å²) in [7, 11) is 0. The fourth-order valence-electron chi connectivity index (χ4n) is 0.969. The highest BCUT2D eigenvalue weighted by molar-refractivity contribution is 6.30. The number of aliphatic carboxylic acids is 1. The van der Waals surface area contributed by atoms with Crippen LogP contribution < -0.4 is 0 Å². The van der Waals surface area contributed by atoms with Crippen molar-refractivity contribution in [2.75, 3.05) is 0 Å². The van der Waals surface area contributed by atoms with Gasteiger partial charge in [-0.15, -0.1) is 0 Å². The highest BCUT2D eigenvalue weighted by atomic mass is 35.5. The molecular formula is C9H5ClF2O3. The highest BCUT2D eigenvalue weighted by Gasteiger charge is 2.17. The fourth-order valence-corrected chi connectivity index (χ4v) is 1.12. The van der Waals surface area contributed by atoms with Gasteiger partial charge in [-0.2, -0.15) is 0 Å². The van der Waals surface area contributed by atoms with Gasteiger partial charge >= 0.3 is 5.97 Å². The lowest BCUT2D eigenvalue weighted by molar-refractivity contribution is -0.135. The quantitative estimate of drug-likeness (QED) is 0.496. The summed E-state index contributed by atoms with van der Waals surface area (Å²) in [6, 6.07) is 1.22. The molecule has 1 aromatic rings. The number of ketones is 1. The normalized spacial score (nSPS) is 10.1. The van der Waals surface area contributed by atoms with Crippen LogP contribution in [0.15, 0.2) is 12.1 Å². The van der Waals surface area contributed by atoms with E-state index >= 15 is 0 Å². The number of carboxylic acids is 1. The van der Waals surface area contributed by atoms with Gasteiger partial charge in [-0.05, 0) is 12.1 Å². The summed E-state index contributed by atoms with van der Waals surface area (Å²) in [5.74, 6) is -4.41. The molecule has 15 heavy (non-hydrogen) atoms. The number of hydrogen-bond donors (Lipinski definition) is 1. The van der Waals surface area contributed by atoms with Crippen molar-refractivity contribution in [2.45, 2.75) is 6.42 Å². The average molecular weight is 235 g/mol. The third-order valence-electron chi connectivity index (χ3n) is 1.62. The van der Waals surface area contributed by atoms with E-state index in [1.54, 1.807) is 0 Å². The van der Waals surface area contributed by atoms with Crippen molar-refractivity contribution >= 4 is 23.4 Å². The van der Waals surface area contributed by atoms with Crippen LogP contribution in [0.4, 0.5) is 8.78 Å². The van der Waals surface area contributed by atoms with Crippen molar-refractivity contribution < 1.29 is 23.5 Å². The molecule has 0 atom stereocenters. The van der Waals surface area contributed by atoms with Crippen LogP contribution >= 0.6 is 11.6 Å². The molecule has 0 aliphatic carbocycles. The molecule has 6 heteroatoms. The molecule has 0 fully saturated rings. The van der Waals surface area contributed by atoms with Gasteiger partial charge in [0.1, 0.15) is 18.1 Å². The number of halogens is 3. The first-order chi connectivity index (χ1) is 6.91. The zero-order valence-corrected chi connectivity index (χ0v) is 8.02. The van der Waals surface area contributed by atoms with Crippen molar-refractivity contribution in [3.05, 3.63) is 34.4 Å². The van der Waals surface area contributed by atoms with Crippen LogP contribution in [0, 0.1) is 11.6 Å². The predicted octanol–water partition coefficient (Wildman–Crippen LogP) is 2.28. The molecule has 3 nitrogen and oxygen atoms in total. The number of carboxylic acid groups (broad SMARTS) is 1. The molecule has 0 unspecified atom stereocenters. The van der Waals surface area contributed by atoms with Gasteiger partial charge in [0.15, 0.2) is 5.78 Å². The fraction of sp³-hybridized carbons (Fsp3) is 0.111. The Balaban J connectivity index is 3.09. The topological polar surface area (TPSA) is 54.4 Å². The zero-order chi connectivity index (χ0) is 11.6. The number of Topliss-reactive ketones (excluding diaryl/α,β-unsaturated/α-hetero) is 1. The molecule has 1 N–H and O–H groups in total. The van der Waals surface area contributed by atoms with E-state index in [1.165, 1.54) is 0 Å². The molecule has 80 valence electrons. The van der Waals surface area contributed by atoms with Crippen LogP contribution in [-0.2, 0) is 4.79 Å². The van der Waals surface area contributed by atoms with E-state index in [-0.39, 0.29) is 0 Å². The molecule has 0 amide bonds. The van der Waals surface area contributed by atoms with Gasteiger partial charge in [0.25, 0.3) is 0 Å². The third kappa shape index (κ3) is 2.73. The second kappa shape index (κ2) is 4.35. The van der Waals surface area contributed by atoms with Gasteiger partial charge in [0.05, 0.1) is 10.6 Å². The molecular weight excluding hydrogens is 230 g/mol. The maximum absolute atomic E-state index is 13.1. The SMILES string of the molecule is O=C(O)CC(=O)c1cc(F)c(Cl)cc1F. The third-order valence-corrected chi connectivity index (χ3v) is 1.91. The van der Waals surface area contributed by atoms with Crippen LogP contribution in [0.3, 0.4) is 0 Å². The highest BCUT2D eigenvalue weighted by Crippen LogP contribution is 2.20. The first kappa shape index (κ1) is 11.6. The van der Waals surface area contributed by atoms with Crippen molar-refractivity contribution in [1.82, 2.24) is 0 Å². The Hall–Kier alpha value is -1.49. The monoisotopic (exact) mass is 234 g/mol. The molecule has 0 saturated carbocycles. The summed E-state index contributed by atoms with van der Waals surface area (Å²) in [5, 5.41) is 7.84. The standard InChI is InChI=1S/C9H5ClF2O3/c10-5-2-6(11)4(1-7(5)12)8(13)3-9(14)15/h1-2H,3H2,(H,14,15). The van der Waals surface area contributed by atoms with E-state index in [0.717, 1.165) is 0 Å². The Morgan fingerprint density at radius 1 is 1.27 bits per heavy atom. The Kier molecular flexibility index (Phi) is 3.36. The van der Waals surface area contributed by atoms with Gasteiger partial charge in [-0.25, -0.2) is 8.78 Å². The van der Waals surface area contributed by atoms with Crippen LogP contribution in [-0.4, -0.2) is 16.9 Å². The lowest BCUT2D eigenvalue weighted by Crippen LogP contribution is -2.09. The molecule has 0 bridgehead atoms. The summed E-state index contributed by atoms with van der Waals surface area (Å²) < 4.78 is 25.9. The molecule has 0 heterocycles. The molecule has 0 aliphatic rings. The molecule has 0 saturated heterocycles. The zero-order valence-electron chi connectivity index (χ0n) is 7.26. The van der Waals surface area contributed by atoms with Gasteiger partial charge in [0.2, 0.25) is 0 Å². The minimum absolute atomic E-state index is 0.459. The molecule has 0 aliphatic heterocycles. The van der Waals surface area contributed by atoms with Crippen molar-refractivity contribution in [1.29, 1.82) is 0 Å². The van der Waals surface area contributed by atoms with Crippen LogP contribution in [0.2, 0.25) is 5.02 Å². The second-order valence-electron chi connectivity index (χ2n) is 2.74. The minimum Gasteiger partial charge on any atom is -0.481 e. The molecule has 0 spiro atoms. The number of benzene rings is 1. The van der Waals surface area contributed by atoms with Crippen molar-refractivity contribution in [3.63, 3.8) is 0 Å². The summed E-state index contributed by atoms with van der Waals surface area (Å²) in [6.07, 6.45) is -0.891. The van der Waals surface area contributed by atoms with E-state index in [1.807, 2.05) is 0 Å². The van der Waals surface area contributed by atoms with E-state index in [2.05, 4.69) is 0 Å². The van der Waals surface area contributed by atoms with Crippen LogP contribution in [0.25, 0.3) is 0 Å². The Labute approximate surface area is 88.3 Å². The summed E-state index contributed by atoms with van der Waals surface area (Å²) >= 11 is 5.25. The van der Waals surface area contributed by atoms with Crippen molar-refractivity contribution in [2.24, 2.45) is 0 Å². The maximum Gasteiger partial charge on any atom is 0.311 e. The van der Waals surface area contributed by atoms with Crippen molar-refractivity contribution in [3.8, 4) is 0 Å². The smallest absolute Gasteiger partial charge is 0.311 e. The maximum atomic E-state index is 13.1. The summed E-state index contributed by atoms with van der Waals surface area (Å²) in [5.41, 5.74) is -0.612. The number of carbonyl (C=O) groups excluding carboxylic acids is 1. The van der Waals surface area contributed by atoms with E-state index in [9.17, 15) is 18.4 Å². The van der Waals surface area contributed by atoms with Crippen LogP contribution in [0.1, 0.15) is 16.8 Å². The number of rotatable bonds is 3. The summed E-state index contributed by atoms with van der Waals surface area (Å²) in [6.45, 7) is 0. The van der Waals surface area contributed by atoms with Gasteiger partial charge in [-0.3, -0.25) is 9.59 Å². The Bertz CT molecular complexity index is 432. The Morgan fingerprint density at radius 3 is 2.40 bits per heavy atom. The Morgan fingerprint density at radius 2 is 1.87 bits per heavy atom. The molecule has 1 aromatic carbocycles. The minimum atomic E-state index is -1.41.